The van der Waals surface area contributed by atoms with Crippen LogP contribution in [0.5, 0.6) is 0 Å². The zero-order valence-electron chi connectivity index (χ0n) is 15.4. The van der Waals surface area contributed by atoms with Gasteiger partial charge in [-0.25, -0.2) is 13.4 Å². The fraction of sp³-hybridized carbons (Fsp3) is 0.300. The Bertz CT molecular complexity index is 1210. The Balaban J connectivity index is 1.67. The molecule has 146 valence electrons. The van der Waals surface area contributed by atoms with Crippen molar-refractivity contribution in [2.24, 2.45) is 0 Å². The fourth-order valence-corrected chi connectivity index (χ4v) is 5.38. The lowest BCUT2D eigenvalue weighted by atomic mass is 10.1. The van der Waals surface area contributed by atoms with E-state index < -0.39 is 10.0 Å². The molecule has 6 nitrogen and oxygen atoms in total. The molecule has 8 heteroatoms. The highest BCUT2D eigenvalue weighted by Gasteiger charge is 2.31. The Labute approximate surface area is 168 Å². The van der Waals surface area contributed by atoms with Crippen molar-refractivity contribution in [3.8, 4) is 0 Å². The van der Waals surface area contributed by atoms with Crippen LogP contribution in [-0.4, -0.2) is 35.4 Å². The quantitative estimate of drug-likeness (QED) is 0.654. The van der Waals surface area contributed by atoms with Crippen LogP contribution in [-0.2, 0) is 10.0 Å². The van der Waals surface area contributed by atoms with E-state index >= 15 is 0 Å². The van der Waals surface area contributed by atoms with Gasteiger partial charge in [0.05, 0.1) is 28.2 Å². The number of rotatable bonds is 3. The first-order valence-corrected chi connectivity index (χ1v) is 10.9. The zero-order chi connectivity index (χ0) is 19.9. The second kappa shape index (κ2) is 7.31. The Kier molecular flexibility index (Phi) is 4.99. The number of benzene rings is 2. The van der Waals surface area contributed by atoms with Gasteiger partial charge >= 0.3 is 0 Å². The number of fused-ring (bicyclic) bond motifs is 1. The molecule has 1 aromatic heterocycles. The van der Waals surface area contributed by atoms with Crippen molar-refractivity contribution in [1.29, 1.82) is 0 Å². The molecule has 1 aliphatic rings. The maximum atomic E-state index is 13.1. The molecule has 28 heavy (non-hydrogen) atoms. The van der Waals surface area contributed by atoms with Crippen molar-refractivity contribution in [3.05, 3.63) is 69.7 Å². The standard InChI is InChI=1S/C20H20ClN3O3S/c1-14-8-9-16(11-18(14)21)28(26,27)23-10-4-5-15(12-23)24-13-22-19-7-3-2-6-17(19)20(24)25/h2-3,6-9,11,13,15H,4-5,10,12H2,1H3/t15-/m1/s1. The summed E-state index contributed by atoms with van der Waals surface area (Å²) < 4.78 is 29.2. The molecular formula is C20H20ClN3O3S. The molecule has 1 atom stereocenters. The normalized spacial score (nSPS) is 18.4. The second-order valence-corrected chi connectivity index (χ2v) is 9.39. The summed E-state index contributed by atoms with van der Waals surface area (Å²) >= 11 is 6.12. The fourth-order valence-electron chi connectivity index (χ4n) is 3.59. The number of hydrogen-bond donors (Lipinski definition) is 0. The zero-order valence-corrected chi connectivity index (χ0v) is 16.9. The van der Waals surface area contributed by atoms with E-state index in [-0.39, 0.29) is 23.0 Å². The number of piperidine rings is 1. The van der Waals surface area contributed by atoms with E-state index in [1.54, 1.807) is 34.9 Å². The van der Waals surface area contributed by atoms with Crippen molar-refractivity contribution in [2.75, 3.05) is 13.1 Å². The van der Waals surface area contributed by atoms with E-state index in [1.807, 2.05) is 13.0 Å². The highest BCUT2D eigenvalue weighted by atomic mass is 35.5. The molecule has 0 aliphatic carbocycles. The molecule has 0 radical (unpaired) electrons. The first-order chi connectivity index (χ1) is 13.4. The number of nitrogens with zero attached hydrogens (tertiary/aromatic N) is 3. The molecule has 2 aromatic carbocycles. The number of aromatic nitrogens is 2. The van der Waals surface area contributed by atoms with Gasteiger partial charge in [-0.2, -0.15) is 4.31 Å². The summed E-state index contributed by atoms with van der Waals surface area (Å²) in [4.78, 5) is 17.4. The van der Waals surface area contributed by atoms with Crippen LogP contribution in [0.25, 0.3) is 10.9 Å². The Morgan fingerprint density at radius 1 is 1.18 bits per heavy atom. The van der Waals surface area contributed by atoms with Gasteiger partial charge in [0.15, 0.2) is 0 Å². The number of halogens is 1. The molecule has 0 unspecified atom stereocenters. The van der Waals surface area contributed by atoms with E-state index in [2.05, 4.69) is 4.98 Å². The van der Waals surface area contributed by atoms with Gasteiger partial charge in [0.25, 0.3) is 5.56 Å². The molecular weight excluding hydrogens is 398 g/mol. The number of hydrogen-bond acceptors (Lipinski definition) is 4. The average Bonchev–Trinajstić information content (AvgIpc) is 2.70. The predicted octanol–water partition coefficient (Wildman–Crippen LogP) is 3.38. The lowest BCUT2D eigenvalue weighted by Gasteiger charge is -2.32. The predicted molar refractivity (Wildman–Crippen MR) is 109 cm³/mol. The summed E-state index contributed by atoms with van der Waals surface area (Å²) in [6, 6.07) is 11.7. The summed E-state index contributed by atoms with van der Waals surface area (Å²) in [5.74, 6) is 0. The van der Waals surface area contributed by atoms with E-state index in [0.29, 0.717) is 28.9 Å². The lowest BCUT2D eigenvalue weighted by Crippen LogP contribution is -2.42. The highest BCUT2D eigenvalue weighted by molar-refractivity contribution is 7.89. The summed E-state index contributed by atoms with van der Waals surface area (Å²) in [5.41, 5.74) is 1.32. The smallest absolute Gasteiger partial charge is 0.261 e. The van der Waals surface area contributed by atoms with Crippen molar-refractivity contribution < 1.29 is 8.42 Å². The van der Waals surface area contributed by atoms with Crippen molar-refractivity contribution >= 4 is 32.5 Å². The molecule has 1 saturated heterocycles. The van der Waals surface area contributed by atoms with Gasteiger partial charge in [-0.05, 0) is 49.6 Å². The molecule has 1 fully saturated rings. The molecule has 0 amide bonds. The van der Waals surface area contributed by atoms with Gasteiger partial charge in [-0.15, -0.1) is 0 Å². The van der Waals surface area contributed by atoms with Crippen LogP contribution in [0.15, 0.2) is 58.5 Å². The SMILES string of the molecule is Cc1ccc(S(=O)(=O)N2CCC[C@@H](n3cnc4ccccc4c3=O)C2)cc1Cl. The topological polar surface area (TPSA) is 72.3 Å². The van der Waals surface area contributed by atoms with Gasteiger partial charge in [0.1, 0.15) is 0 Å². The summed E-state index contributed by atoms with van der Waals surface area (Å²) in [6.07, 6.45) is 2.91. The molecule has 0 N–H and O–H groups in total. The molecule has 2 heterocycles. The van der Waals surface area contributed by atoms with Crippen LogP contribution in [0.4, 0.5) is 0 Å². The van der Waals surface area contributed by atoms with E-state index in [4.69, 9.17) is 11.6 Å². The van der Waals surface area contributed by atoms with E-state index in [0.717, 1.165) is 12.0 Å². The minimum absolute atomic E-state index is 0.145. The summed E-state index contributed by atoms with van der Waals surface area (Å²) in [6.45, 7) is 2.47. The third-order valence-corrected chi connectivity index (χ3v) is 7.49. The number of aryl methyl sites for hydroxylation is 1. The molecule has 1 aliphatic heterocycles. The first kappa shape index (κ1) is 19.1. The first-order valence-electron chi connectivity index (χ1n) is 9.10. The molecule has 0 spiro atoms. The summed E-state index contributed by atoms with van der Waals surface area (Å²) in [5, 5.41) is 0.958. The number of para-hydroxylation sites is 1. The molecule has 3 aromatic rings. The van der Waals surface area contributed by atoms with Crippen LogP contribution >= 0.6 is 11.6 Å². The largest absolute Gasteiger partial charge is 0.294 e. The van der Waals surface area contributed by atoms with Gasteiger partial charge in [0, 0.05) is 18.1 Å². The van der Waals surface area contributed by atoms with Gasteiger partial charge in [-0.1, -0.05) is 29.8 Å². The van der Waals surface area contributed by atoms with Crippen LogP contribution in [0.3, 0.4) is 0 Å². The van der Waals surface area contributed by atoms with Crippen molar-refractivity contribution in [3.63, 3.8) is 0 Å². The van der Waals surface area contributed by atoms with Crippen molar-refractivity contribution in [1.82, 2.24) is 13.9 Å². The highest BCUT2D eigenvalue weighted by Crippen LogP contribution is 2.28. The minimum Gasteiger partial charge on any atom is -0.294 e. The number of sulfonamides is 1. The van der Waals surface area contributed by atoms with Crippen molar-refractivity contribution in [2.45, 2.75) is 30.7 Å². The van der Waals surface area contributed by atoms with Gasteiger partial charge < -0.3 is 0 Å². The van der Waals surface area contributed by atoms with E-state index in [1.165, 1.54) is 16.7 Å². The van der Waals surface area contributed by atoms with Gasteiger partial charge in [0.2, 0.25) is 10.0 Å². The third kappa shape index (κ3) is 3.34. The maximum Gasteiger partial charge on any atom is 0.261 e. The van der Waals surface area contributed by atoms with Crippen LogP contribution in [0.2, 0.25) is 5.02 Å². The van der Waals surface area contributed by atoms with Gasteiger partial charge in [-0.3, -0.25) is 9.36 Å². The lowest BCUT2D eigenvalue weighted by molar-refractivity contribution is 0.262. The Morgan fingerprint density at radius 3 is 2.75 bits per heavy atom. The van der Waals surface area contributed by atoms with Crippen LogP contribution in [0.1, 0.15) is 24.4 Å². The third-order valence-electron chi connectivity index (χ3n) is 5.22. The van der Waals surface area contributed by atoms with Crippen LogP contribution < -0.4 is 5.56 Å². The Hall–Kier alpha value is -2.22. The summed E-state index contributed by atoms with van der Waals surface area (Å²) in [7, 11) is -3.68. The monoisotopic (exact) mass is 417 g/mol. The minimum atomic E-state index is -3.68. The second-order valence-electron chi connectivity index (χ2n) is 7.04. The molecule has 4 rings (SSSR count). The molecule has 0 bridgehead atoms. The maximum absolute atomic E-state index is 13.1. The molecule has 0 saturated carbocycles. The average molecular weight is 418 g/mol. The Morgan fingerprint density at radius 2 is 1.96 bits per heavy atom. The van der Waals surface area contributed by atoms with Crippen LogP contribution in [0, 0.1) is 6.92 Å². The van der Waals surface area contributed by atoms with E-state index in [9.17, 15) is 13.2 Å².